The number of carbonyl (C=O) groups is 1. The molecule has 1 aliphatic rings. The lowest BCUT2D eigenvalue weighted by Crippen LogP contribution is -2.45. The molecule has 0 bridgehead atoms. The average Bonchev–Trinajstić information content (AvgIpc) is 3.18. The van der Waals surface area contributed by atoms with E-state index in [1.54, 1.807) is 14.2 Å². The van der Waals surface area contributed by atoms with Gasteiger partial charge in [0.15, 0.2) is 5.96 Å². The van der Waals surface area contributed by atoms with Crippen molar-refractivity contribution in [1.29, 1.82) is 0 Å². The average molecular weight is 464 g/mol. The summed E-state index contributed by atoms with van der Waals surface area (Å²) in [6.45, 7) is 3.16. The number of methoxy groups -OCH3 is 1. The highest BCUT2D eigenvalue weighted by Crippen LogP contribution is 2.20. The van der Waals surface area contributed by atoms with E-state index in [4.69, 9.17) is 4.74 Å². The summed E-state index contributed by atoms with van der Waals surface area (Å²) in [7, 11) is 5.30. The van der Waals surface area contributed by atoms with Gasteiger partial charge >= 0.3 is 0 Å². The van der Waals surface area contributed by atoms with Crippen LogP contribution in [0.25, 0.3) is 0 Å². The molecule has 2 N–H and O–H groups in total. The Hall–Kier alpha value is -1.36. The Morgan fingerprint density at radius 3 is 2.92 bits per heavy atom. The summed E-state index contributed by atoms with van der Waals surface area (Å²) >= 11 is 0. The van der Waals surface area contributed by atoms with Gasteiger partial charge in [0.1, 0.15) is 0 Å². The zero-order valence-corrected chi connectivity index (χ0v) is 17.5. The molecule has 0 spiro atoms. The molecule has 1 fully saturated rings. The lowest BCUT2D eigenvalue weighted by atomic mass is 10.0. The Labute approximate surface area is 166 Å². The molecule has 1 aromatic heterocycles. The molecule has 1 atom stereocenters. The number of nitrogens with one attached hydrogen (secondary N) is 2. The second-order valence-corrected chi connectivity index (χ2v) is 6.07. The van der Waals surface area contributed by atoms with Gasteiger partial charge in [0.05, 0.1) is 19.3 Å². The SMILES string of the molecule is CN=C(NCC(=O)NCCOC)N1CCC(Cc2cnn(C)c2)C1.I. The quantitative estimate of drug-likeness (QED) is 0.262. The first-order valence-corrected chi connectivity index (χ1v) is 8.31. The minimum absolute atomic E-state index is 0. The number of aryl methyl sites for hydroxylation is 1. The highest BCUT2D eigenvalue weighted by Gasteiger charge is 2.25. The molecule has 1 unspecified atom stereocenters. The number of amides is 1. The van der Waals surface area contributed by atoms with Crippen molar-refractivity contribution in [3.8, 4) is 0 Å². The van der Waals surface area contributed by atoms with Gasteiger partial charge in [0.25, 0.3) is 0 Å². The number of guanidine groups is 1. The zero-order chi connectivity index (χ0) is 17.4. The van der Waals surface area contributed by atoms with Gasteiger partial charge in [-0.15, -0.1) is 24.0 Å². The van der Waals surface area contributed by atoms with Crippen molar-refractivity contribution >= 4 is 35.8 Å². The molecule has 8 nitrogen and oxygen atoms in total. The largest absolute Gasteiger partial charge is 0.383 e. The maximum absolute atomic E-state index is 11.7. The van der Waals surface area contributed by atoms with E-state index in [0.717, 1.165) is 31.9 Å². The molecule has 9 heteroatoms. The van der Waals surface area contributed by atoms with E-state index >= 15 is 0 Å². The molecular formula is C16H29IN6O2. The molecule has 0 aromatic carbocycles. The van der Waals surface area contributed by atoms with Crippen LogP contribution in [0, 0.1) is 5.92 Å². The van der Waals surface area contributed by atoms with E-state index < -0.39 is 0 Å². The van der Waals surface area contributed by atoms with E-state index in [1.165, 1.54) is 5.56 Å². The fraction of sp³-hybridized carbons (Fsp3) is 0.688. The minimum Gasteiger partial charge on any atom is -0.383 e. The predicted molar refractivity (Wildman–Crippen MR) is 108 cm³/mol. The molecule has 1 saturated heterocycles. The van der Waals surface area contributed by atoms with Crippen LogP contribution in [-0.2, 0) is 23.0 Å². The summed E-state index contributed by atoms with van der Waals surface area (Å²) in [6.07, 6.45) is 6.15. The Morgan fingerprint density at radius 1 is 1.48 bits per heavy atom. The van der Waals surface area contributed by atoms with Gasteiger partial charge in [-0.3, -0.25) is 14.5 Å². The number of hydrogen-bond donors (Lipinski definition) is 2. The number of halogens is 1. The van der Waals surface area contributed by atoms with Crippen molar-refractivity contribution < 1.29 is 9.53 Å². The molecule has 2 rings (SSSR count). The normalized spacial score (nSPS) is 17.3. The number of aliphatic imine (C=N–C) groups is 1. The second kappa shape index (κ2) is 11.3. The summed E-state index contributed by atoms with van der Waals surface area (Å²) < 4.78 is 6.75. The Balaban J connectivity index is 0.00000312. The Kier molecular flexibility index (Phi) is 9.79. The number of ether oxygens (including phenoxy) is 1. The molecule has 1 aromatic rings. The number of aromatic nitrogens is 2. The van der Waals surface area contributed by atoms with Crippen molar-refractivity contribution in [3.63, 3.8) is 0 Å². The van der Waals surface area contributed by atoms with E-state index in [-0.39, 0.29) is 36.4 Å². The second-order valence-electron chi connectivity index (χ2n) is 6.07. The maximum Gasteiger partial charge on any atom is 0.239 e. The molecule has 0 saturated carbocycles. The minimum atomic E-state index is -0.0562. The lowest BCUT2D eigenvalue weighted by Gasteiger charge is -2.21. The van der Waals surface area contributed by atoms with Crippen molar-refractivity contribution in [1.82, 2.24) is 25.3 Å². The first-order valence-electron chi connectivity index (χ1n) is 8.31. The molecule has 142 valence electrons. The first-order chi connectivity index (χ1) is 11.6. The Morgan fingerprint density at radius 2 is 2.28 bits per heavy atom. The van der Waals surface area contributed by atoms with Gasteiger partial charge in [-0.2, -0.15) is 5.10 Å². The third-order valence-electron chi connectivity index (χ3n) is 4.12. The Bertz CT molecular complexity index is 563. The van der Waals surface area contributed by atoms with Crippen LogP contribution in [0.15, 0.2) is 17.4 Å². The first kappa shape index (κ1) is 21.7. The number of likely N-dealkylation sites (tertiary alicyclic amines) is 1. The molecule has 1 aliphatic heterocycles. The molecule has 0 radical (unpaired) electrons. The van der Waals surface area contributed by atoms with Crippen LogP contribution >= 0.6 is 24.0 Å². The third-order valence-corrected chi connectivity index (χ3v) is 4.12. The summed E-state index contributed by atoms with van der Waals surface area (Å²) in [5, 5.41) is 10.1. The highest BCUT2D eigenvalue weighted by atomic mass is 127. The van der Waals surface area contributed by atoms with Crippen molar-refractivity contribution in [3.05, 3.63) is 18.0 Å². The van der Waals surface area contributed by atoms with Crippen LogP contribution in [0.1, 0.15) is 12.0 Å². The maximum atomic E-state index is 11.7. The van der Waals surface area contributed by atoms with Crippen molar-refractivity contribution in [2.24, 2.45) is 18.0 Å². The summed E-state index contributed by atoms with van der Waals surface area (Å²) in [5.41, 5.74) is 1.27. The topological polar surface area (TPSA) is 83.8 Å². The van der Waals surface area contributed by atoms with Gasteiger partial charge in [-0.25, -0.2) is 0 Å². The number of rotatable bonds is 7. The molecule has 25 heavy (non-hydrogen) atoms. The van der Waals surface area contributed by atoms with E-state index in [1.807, 2.05) is 17.9 Å². The van der Waals surface area contributed by atoms with Gasteiger partial charge in [0.2, 0.25) is 5.91 Å². The molecule has 0 aliphatic carbocycles. The van der Waals surface area contributed by atoms with Crippen molar-refractivity contribution in [2.45, 2.75) is 12.8 Å². The van der Waals surface area contributed by atoms with E-state index in [2.05, 4.69) is 31.8 Å². The lowest BCUT2D eigenvalue weighted by molar-refractivity contribution is -0.120. The van der Waals surface area contributed by atoms with E-state index in [0.29, 0.717) is 19.1 Å². The summed E-state index contributed by atoms with van der Waals surface area (Å²) in [4.78, 5) is 18.3. The van der Waals surface area contributed by atoms with Crippen LogP contribution in [-0.4, -0.2) is 73.5 Å². The summed E-state index contributed by atoms with van der Waals surface area (Å²) in [5.74, 6) is 1.31. The van der Waals surface area contributed by atoms with Crippen LogP contribution in [0.5, 0.6) is 0 Å². The molecular weight excluding hydrogens is 435 g/mol. The highest BCUT2D eigenvalue weighted by molar-refractivity contribution is 14.0. The van der Waals surface area contributed by atoms with Gasteiger partial charge in [-0.05, 0) is 24.3 Å². The fourth-order valence-corrected chi connectivity index (χ4v) is 2.95. The zero-order valence-electron chi connectivity index (χ0n) is 15.2. The summed E-state index contributed by atoms with van der Waals surface area (Å²) in [6, 6.07) is 0. The van der Waals surface area contributed by atoms with Gasteiger partial charge in [0, 0.05) is 47.0 Å². The molecule has 2 heterocycles. The number of carbonyl (C=O) groups excluding carboxylic acids is 1. The number of hydrogen-bond acceptors (Lipinski definition) is 4. The monoisotopic (exact) mass is 464 g/mol. The third kappa shape index (κ3) is 7.18. The number of nitrogens with zero attached hydrogens (tertiary/aromatic N) is 4. The van der Waals surface area contributed by atoms with Gasteiger partial charge in [-0.1, -0.05) is 0 Å². The standard InChI is InChI=1S/C16H28N6O2.HI/c1-17-16(19-10-15(23)18-5-7-24-3)22-6-4-13(12-22)8-14-9-20-21(2)11-14;/h9,11,13H,4-8,10,12H2,1-3H3,(H,17,19)(H,18,23);1H. The fourth-order valence-electron chi connectivity index (χ4n) is 2.95. The molecule has 1 amide bonds. The van der Waals surface area contributed by atoms with Crippen LogP contribution in [0.3, 0.4) is 0 Å². The van der Waals surface area contributed by atoms with Crippen LogP contribution < -0.4 is 10.6 Å². The van der Waals surface area contributed by atoms with Gasteiger partial charge < -0.3 is 20.3 Å². The predicted octanol–water partition coefficient (Wildman–Crippen LogP) is 0.241. The van der Waals surface area contributed by atoms with E-state index in [9.17, 15) is 4.79 Å². The van der Waals surface area contributed by atoms with Crippen LogP contribution in [0.2, 0.25) is 0 Å². The van der Waals surface area contributed by atoms with Crippen molar-refractivity contribution in [2.75, 3.05) is 46.9 Å². The smallest absolute Gasteiger partial charge is 0.239 e. The van der Waals surface area contributed by atoms with Crippen LogP contribution in [0.4, 0.5) is 0 Å².